The lowest BCUT2D eigenvalue weighted by molar-refractivity contribution is 0.0468. The number of benzene rings is 1. The van der Waals surface area contributed by atoms with Gasteiger partial charge in [0.1, 0.15) is 11.8 Å². The number of carbonyl (C=O) groups is 1. The first-order chi connectivity index (χ1) is 9.80. The number of carbonyl (C=O) groups excluding carboxylic acids is 1. The van der Waals surface area contributed by atoms with Gasteiger partial charge in [-0.25, -0.2) is 4.79 Å². The van der Waals surface area contributed by atoms with Crippen LogP contribution in [0.5, 0.6) is 0 Å². The van der Waals surface area contributed by atoms with E-state index < -0.39 is 17.9 Å². The molecule has 0 aliphatic rings. The van der Waals surface area contributed by atoms with Crippen molar-refractivity contribution in [3.8, 4) is 0 Å². The second-order valence-corrected chi connectivity index (χ2v) is 6.63. The third-order valence-corrected chi connectivity index (χ3v) is 3.12. The van der Waals surface area contributed by atoms with Crippen LogP contribution in [-0.2, 0) is 11.2 Å². The molecule has 0 saturated heterocycles. The molecular weight excluding hydrogens is 336 g/mol. The lowest BCUT2D eigenvalue weighted by Crippen LogP contribution is -2.49. The van der Waals surface area contributed by atoms with E-state index in [2.05, 4.69) is 26.6 Å². The van der Waals surface area contributed by atoms with Crippen LogP contribution in [0.1, 0.15) is 26.3 Å². The number of ether oxygens (including phenoxy) is 1. The molecule has 0 heterocycles. The maximum atomic E-state index is 11.6. The number of hydrogen-bond acceptors (Lipinski definition) is 4. The Bertz CT molecular complexity index is 443. The summed E-state index contributed by atoms with van der Waals surface area (Å²) in [6, 6.07) is 8.03. The third kappa shape index (κ3) is 8.04. The summed E-state index contributed by atoms with van der Waals surface area (Å²) in [5.41, 5.74) is 0.626. The monoisotopic (exact) mass is 358 g/mol. The van der Waals surface area contributed by atoms with Crippen LogP contribution in [-0.4, -0.2) is 36.1 Å². The number of halogens is 1. The molecule has 0 aliphatic carbocycles. The van der Waals surface area contributed by atoms with E-state index in [4.69, 9.17) is 4.74 Å². The molecule has 1 aromatic rings. The lowest BCUT2D eigenvalue weighted by atomic mass is 10.1. The van der Waals surface area contributed by atoms with Gasteiger partial charge in [0.15, 0.2) is 0 Å². The van der Waals surface area contributed by atoms with Gasteiger partial charge in [-0.15, -0.1) is 0 Å². The molecule has 0 aromatic heterocycles. The Morgan fingerprint density at radius 1 is 1.33 bits per heavy atom. The molecule has 0 aliphatic heterocycles. The van der Waals surface area contributed by atoms with E-state index in [0.717, 1.165) is 10.9 Å². The van der Waals surface area contributed by atoms with E-state index in [1.807, 2.05) is 24.3 Å². The van der Waals surface area contributed by atoms with Gasteiger partial charge in [0.25, 0.3) is 0 Å². The average molecular weight is 359 g/mol. The van der Waals surface area contributed by atoms with E-state index in [-0.39, 0.29) is 6.61 Å². The van der Waals surface area contributed by atoms with Crippen LogP contribution in [0.2, 0.25) is 0 Å². The molecule has 1 rings (SSSR count). The molecule has 0 fully saturated rings. The van der Waals surface area contributed by atoms with Crippen molar-refractivity contribution in [2.24, 2.45) is 0 Å². The molecule has 1 amide bonds. The van der Waals surface area contributed by atoms with E-state index in [9.17, 15) is 9.90 Å². The van der Waals surface area contributed by atoms with Crippen molar-refractivity contribution in [2.75, 3.05) is 13.2 Å². The fourth-order valence-corrected chi connectivity index (χ4v) is 1.92. The van der Waals surface area contributed by atoms with E-state index in [1.54, 1.807) is 20.8 Å². The maximum absolute atomic E-state index is 11.6. The zero-order valence-corrected chi connectivity index (χ0v) is 14.2. The van der Waals surface area contributed by atoms with Gasteiger partial charge in [-0.1, -0.05) is 28.1 Å². The van der Waals surface area contributed by atoms with E-state index in [1.165, 1.54) is 5.56 Å². The Balaban J connectivity index is 2.34. The normalized spacial score (nSPS) is 12.8. The Labute approximate surface area is 134 Å². The van der Waals surface area contributed by atoms with Crippen molar-refractivity contribution in [1.29, 1.82) is 0 Å². The van der Waals surface area contributed by atoms with Crippen molar-refractivity contribution in [3.05, 3.63) is 34.3 Å². The Morgan fingerprint density at radius 3 is 2.48 bits per heavy atom. The first-order valence-corrected chi connectivity index (χ1v) is 7.67. The quantitative estimate of drug-likeness (QED) is 0.683. The van der Waals surface area contributed by atoms with Crippen molar-refractivity contribution in [1.82, 2.24) is 10.6 Å². The summed E-state index contributed by atoms with van der Waals surface area (Å²) in [6.07, 6.45) is -0.257. The molecule has 0 bridgehead atoms. The van der Waals surface area contributed by atoms with Gasteiger partial charge in [0, 0.05) is 11.0 Å². The van der Waals surface area contributed by atoms with Crippen LogP contribution in [0.15, 0.2) is 28.7 Å². The largest absolute Gasteiger partial charge is 0.444 e. The number of aliphatic hydroxyl groups excluding tert-OH is 1. The number of nitrogens with one attached hydrogen (secondary N) is 2. The van der Waals surface area contributed by atoms with Crippen molar-refractivity contribution in [3.63, 3.8) is 0 Å². The predicted octanol–water partition coefficient (Wildman–Crippen LogP) is 2.42. The first-order valence-electron chi connectivity index (χ1n) is 6.88. The molecule has 3 N–H and O–H groups in total. The van der Waals surface area contributed by atoms with Crippen molar-refractivity contribution >= 4 is 22.0 Å². The number of aliphatic hydroxyl groups is 1. The molecular formula is C15H23BrN2O3. The molecule has 21 heavy (non-hydrogen) atoms. The smallest absolute Gasteiger partial charge is 0.408 e. The summed E-state index contributed by atoms with van der Waals surface area (Å²) in [6.45, 7) is 5.83. The number of amides is 1. The molecule has 1 atom stereocenters. The fourth-order valence-electron chi connectivity index (χ4n) is 1.65. The summed E-state index contributed by atoms with van der Waals surface area (Å²) in [7, 11) is 0. The third-order valence-electron chi connectivity index (χ3n) is 2.59. The Hall–Kier alpha value is -1.11. The van der Waals surface area contributed by atoms with Crippen molar-refractivity contribution < 1.29 is 14.6 Å². The lowest BCUT2D eigenvalue weighted by Gasteiger charge is -2.23. The van der Waals surface area contributed by atoms with Gasteiger partial charge in [-0.3, -0.25) is 5.32 Å². The van der Waals surface area contributed by atoms with Crippen LogP contribution >= 0.6 is 15.9 Å². The van der Waals surface area contributed by atoms with Gasteiger partial charge >= 0.3 is 6.09 Å². The standard InChI is InChI=1S/C15H23BrN2O3/c1-15(2,3)21-14(20)18-13(10-19)17-9-8-11-4-6-12(16)7-5-11/h4-7,13,17,19H,8-10H2,1-3H3,(H,18,20)/t13-/m1/s1. The summed E-state index contributed by atoms with van der Waals surface area (Å²) >= 11 is 3.39. The highest BCUT2D eigenvalue weighted by atomic mass is 79.9. The SMILES string of the molecule is CC(C)(C)OC(=O)N[C@H](CO)NCCc1ccc(Br)cc1. The minimum atomic E-state index is -0.554. The highest BCUT2D eigenvalue weighted by molar-refractivity contribution is 9.10. The second kappa shape index (κ2) is 8.36. The van der Waals surface area contributed by atoms with E-state index >= 15 is 0 Å². The van der Waals surface area contributed by atoms with Crippen LogP contribution in [0.25, 0.3) is 0 Å². The molecule has 0 saturated carbocycles. The number of alkyl carbamates (subject to hydrolysis) is 1. The molecule has 0 unspecified atom stereocenters. The molecule has 5 nitrogen and oxygen atoms in total. The van der Waals surface area contributed by atoms with Crippen LogP contribution < -0.4 is 10.6 Å². The zero-order chi connectivity index (χ0) is 15.9. The maximum Gasteiger partial charge on any atom is 0.408 e. The molecule has 0 radical (unpaired) electrons. The number of rotatable bonds is 6. The molecule has 1 aromatic carbocycles. The van der Waals surface area contributed by atoms with E-state index in [0.29, 0.717) is 6.54 Å². The summed E-state index contributed by atoms with van der Waals surface area (Å²) in [5.74, 6) is 0. The van der Waals surface area contributed by atoms with Crippen LogP contribution in [0, 0.1) is 0 Å². The first kappa shape index (κ1) is 17.9. The number of hydrogen-bond donors (Lipinski definition) is 3. The van der Waals surface area contributed by atoms with Gasteiger partial charge in [-0.2, -0.15) is 0 Å². The highest BCUT2D eigenvalue weighted by Crippen LogP contribution is 2.10. The van der Waals surface area contributed by atoms with Crippen LogP contribution in [0.4, 0.5) is 4.79 Å². The summed E-state index contributed by atoms with van der Waals surface area (Å²) in [4.78, 5) is 11.6. The Kier molecular flexibility index (Phi) is 7.14. The minimum Gasteiger partial charge on any atom is -0.444 e. The Morgan fingerprint density at radius 2 is 1.95 bits per heavy atom. The fraction of sp³-hybridized carbons (Fsp3) is 0.533. The minimum absolute atomic E-state index is 0.195. The average Bonchev–Trinajstić information content (AvgIpc) is 2.37. The topological polar surface area (TPSA) is 70.6 Å². The zero-order valence-electron chi connectivity index (χ0n) is 12.6. The predicted molar refractivity (Wildman–Crippen MR) is 86.1 cm³/mol. The van der Waals surface area contributed by atoms with Gasteiger partial charge in [-0.05, 0) is 44.9 Å². The second-order valence-electron chi connectivity index (χ2n) is 5.71. The van der Waals surface area contributed by atoms with Crippen molar-refractivity contribution in [2.45, 2.75) is 39.0 Å². The molecule has 6 heteroatoms. The molecule has 0 spiro atoms. The molecule has 118 valence electrons. The van der Waals surface area contributed by atoms with Gasteiger partial charge in [0.2, 0.25) is 0 Å². The highest BCUT2D eigenvalue weighted by Gasteiger charge is 2.18. The van der Waals surface area contributed by atoms with Gasteiger partial charge < -0.3 is 15.2 Å². The van der Waals surface area contributed by atoms with Gasteiger partial charge in [0.05, 0.1) is 6.61 Å². The summed E-state index contributed by atoms with van der Waals surface area (Å²) in [5, 5.41) is 14.9. The summed E-state index contributed by atoms with van der Waals surface area (Å²) < 4.78 is 6.18. The van der Waals surface area contributed by atoms with Crippen LogP contribution in [0.3, 0.4) is 0 Å².